The van der Waals surface area contributed by atoms with Crippen LogP contribution in [0.3, 0.4) is 0 Å². The van der Waals surface area contributed by atoms with Crippen LogP contribution in [0.5, 0.6) is 11.5 Å². The average molecular weight is 394 g/mol. The molecule has 1 aromatic heterocycles. The molecule has 0 amide bonds. The summed E-state index contributed by atoms with van der Waals surface area (Å²) in [6.07, 6.45) is 3.20. The summed E-state index contributed by atoms with van der Waals surface area (Å²) in [5.41, 5.74) is 3.65. The van der Waals surface area contributed by atoms with Crippen LogP contribution in [0.4, 0.5) is 0 Å². The molecule has 4 rings (SSSR count). The van der Waals surface area contributed by atoms with Gasteiger partial charge < -0.3 is 14.4 Å². The number of rotatable bonds is 8. The van der Waals surface area contributed by atoms with Crippen LogP contribution in [0.1, 0.15) is 17.7 Å². The van der Waals surface area contributed by atoms with Crippen LogP contribution in [0.15, 0.2) is 54.6 Å². The maximum absolute atomic E-state index is 6.22. The summed E-state index contributed by atoms with van der Waals surface area (Å²) < 4.78 is 12.0. The first-order chi connectivity index (χ1) is 13.7. The van der Waals surface area contributed by atoms with Gasteiger partial charge in [-0.15, -0.1) is 11.3 Å². The van der Waals surface area contributed by atoms with Gasteiger partial charge in [0.05, 0.1) is 0 Å². The summed E-state index contributed by atoms with van der Waals surface area (Å²) >= 11 is 1.88. The van der Waals surface area contributed by atoms with Crippen molar-refractivity contribution in [1.82, 2.24) is 4.90 Å². The van der Waals surface area contributed by atoms with Crippen molar-refractivity contribution >= 4 is 11.3 Å². The number of ether oxygens (including phenoxy) is 2. The van der Waals surface area contributed by atoms with Crippen molar-refractivity contribution in [3.8, 4) is 33.1 Å². The number of para-hydroxylation sites is 2. The van der Waals surface area contributed by atoms with Gasteiger partial charge in [0.2, 0.25) is 0 Å². The lowest BCUT2D eigenvalue weighted by atomic mass is 10.0. The summed E-state index contributed by atoms with van der Waals surface area (Å²) in [6, 6.07) is 19.0. The highest BCUT2D eigenvalue weighted by atomic mass is 32.1. The van der Waals surface area contributed by atoms with E-state index in [-0.39, 0.29) is 0 Å². The van der Waals surface area contributed by atoms with Gasteiger partial charge in [-0.05, 0) is 64.2 Å². The van der Waals surface area contributed by atoms with Crippen LogP contribution >= 0.6 is 11.3 Å². The molecular formula is C24H27NO2S. The summed E-state index contributed by atoms with van der Waals surface area (Å²) in [7, 11) is 4.20. The highest BCUT2D eigenvalue weighted by Gasteiger charge is 2.22. The minimum atomic E-state index is 0.826. The fourth-order valence-electron chi connectivity index (χ4n) is 3.54. The molecule has 0 saturated heterocycles. The molecule has 4 heteroatoms. The highest BCUT2D eigenvalue weighted by Crippen LogP contribution is 2.50. The second-order valence-electron chi connectivity index (χ2n) is 7.42. The van der Waals surface area contributed by atoms with Crippen molar-refractivity contribution in [2.45, 2.75) is 19.3 Å². The summed E-state index contributed by atoms with van der Waals surface area (Å²) in [6.45, 7) is 2.75. The largest absolute Gasteiger partial charge is 0.456 e. The SMILES string of the molecule is CN(C)CCCOCCCc1cc2c(s1)-c1ccccc1Oc1ccccc1-2. The van der Waals surface area contributed by atoms with Gasteiger partial charge in [-0.1, -0.05) is 30.3 Å². The molecule has 0 saturated carbocycles. The second-order valence-corrected chi connectivity index (χ2v) is 8.56. The quantitative estimate of drug-likeness (QED) is 0.338. The first-order valence-electron chi connectivity index (χ1n) is 9.94. The number of fused-ring (bicyclic) bond motifs is 5. The normalized spacial score (nSPS) is 12.1. The van der Waals surface area contributed by atoms with Crippen molar-refractivity contribution in [3.63, 3.8) is 0 Å². The molecule has 0 radical (unpaired) electrons. The topological polar surface area (TPSA) is 21.7 Å². The number of thiophene rings is 1. The van der Waals surface area contributed by atoms with Crippen molar-refractivity contribution in [2.24, 2.45) is 0 Å². The molecule has 0 bridgehead atoms. The molecule has 2 aromatic carbocycles. The van der Waals surface area contributed by atoms with Gasteiger partial charge in [0, 0.05) is 39.7 Å². The molecule has 0 unspecified atom stereocenters. The number of aryl methyl sites for hydroxylation is 1. The Morgan fingerprint density at radius 1 is 0.857 bits per heavy atom. The fraction of sp³-hybridized carbons (Fsp3) is 0.333. The summed E-state index contributed by atoms with van der Waals surface area (Å²) in [5, 5.41) is 0. The van der Waals surface area contributed by atoms with E-state index in [1.165, 1.54) is 26.4 Å². The molecule has 2 heterocycles. The molecule has 3 nitrogen and oxygen atoms in total. The molecule has 3 aromatic rings. The maximum Gasteiger partial charge on any atom is 0.136 e. The second kappa shape index (κ2) is 8.91. The Morgan fingerprint density at radius 3 is 2.32 bits per heavy atom. The number of hydrogen-bond donors (Lipinski definition) is 0. The first-order valence-corrected chi connectivity index (χ1v) is 10.8. The molecular weight excluding hydrogens is 366 g/mol. The van der Waals surface area contributed by atoms with Gasteiger partial charge in [0.1, 0.15) is 11.5 Å². The van der Waals surface area contributed by atoms with E-state index >= 15 is 0 Å². The first kappa shape index (κ1) is 19.2. The molecule has 0 N–H and O–H groups in total. The van der Waals surface area contributed by atoms with E-state index in [1.807, 2.05) is 23.5 Å². The van der Waals surface area contributed by atoms with Crippen molar-refractivity contribution in [2.75, 3.05) is 33.9 Å². The molecule has 1 aliphatic rings. The fourth-order valence-corrected chi connectivity index (χ4v) is 4.78. The Hall–Kier alpha value is -2.14. The van der Waals surface area contributed by atoms with E-state index in [0.717, 1.165) is 50.5 Å². The smallest absolute Gasteiger partial charge is 0.136 e. The van der Waals surface area contributed by atoms with Crippen molar-refractivity contribution in [3.05, 3.63) is 59.5 Å². The predicted molar refractivity (Wildman–Crippen MR) is 118 cm³/mol. The van der Waals surface area contributed by atoms with E-state index in [2.05, 4.69) is 61.5 Å². The Labute approximate surface area is 171 Å². The standard InChI is InChI=1S/C24H27NO2S/c1-25(2)14-8-16-26-15-7-9-18-17-21-19-10-3-5-12-22(19)27-23-13-6-4-11-20(23)24(21)28-18/h3-6,10-13,17H,7-9,14-16H2,1-2H3. The molecule has 0 atom stereocenters. The van der Waals surface area contributed by atoms with Crippen LogP contribution in [0, 0.1) is 0 Å². The van der Waals surface area contributed by atoms with Crippen LogP contribution in [0.25, 0.3) is 21.6 Å². The Bertz CT molecular complexity index is 869. The van der Waals surface area contributed by atoms with Gasteiger partial charge in [0.15, 0.2) is 0 Å². The van der Waals surface area contributed by atoms with E-state index < -0.39 is 0 Å². The molecule has 1 aliphatic heterocycles. The van der Waals surface area contributed by atoms with Gasteiger partial charge in [-0.25, -0.2) is 0 Å². The zero-order valence-electron chi connectivity index (χ0n) is 16.6. The molecule has 28 heavy (non-hydrogen) atoms. The van der Waals surface area contributed by atoms with Crippen LogP contribution in [-0.4, -0.2) is 38.8 Å². The van der Waals surface area contributed by atoms with E-state index in [9.17, 15) is 0 Å². The Morgan fingerprint density at radius 2 is 1.54 bits per heavy atom. The van der Waals surface area contributed by atoms with Gasteiger partial charge in [0.25, 0.3) is 0 Å². The molecule has 0 fully saturated rings. The predicted octanol–water partition coefficient (Wildman–Crippen LogP) is 6.09. The van der Waals surface area contributed by atoms with Crippen LogP contribution in [-0.2, 0) is 11.2 Å². The highest BCUT2D eigenvalue weighted by molar-refractivity contribution is 7.16. The van der Waals surface area contributed by atoms with Crippen molar-refractivity contribution in [1.29, 1.82) is 0 Å². The minimum Gasteiger partial charge on any atom is -0.456 e. The molecule has 146 valence electrons. The maximum atomic E-state index is 6.22. The van der Waals surface area contributed by atoms with Crippen LogP contribution < -0.4 is 4.74 Å². The molecule has 0 spiro atoms. The summed E-state index contributed by atoms with van der Waals surface area (Å²) in [5.74, 6) is 1.87. The van der Waals surface area contributed by atoms with E-state index in [4.69, 9.17) is 9.47 Å². The lowest BCUT2D eigenvalue weighted by Crippen LogP contribution is -2.15. The number of benzene rings is 2. The zero-order valence-corrected chi connectivity index (χ0v) is 17.4. The monoisotopic (exact) mass is 393 g/mol. The van der Waals surface area contributed by atoms with Gasteiger partial charge in [-0.3, -0.25) is 0 Å². The number of nitrogens with zero attached hydrogens (tertiary/aromatic N) is 1. The minimum absolute atomic E-state index is 0.826. The summed E-state index contributed by atoms with van der Waals surface area (Å²) in [4.78, 5) is 4.91. The molecule has 0 aliphatic carbocycles. The van der Waals surface area contributed by atoms with Crippen molar-refractivity contribution < 1.29 is 9.47 Å². The lowest BCUT2D eigenvalue weighted by molar-refractivity contribution is 0.124. The van der Waals surface area contributed by atoms with Crippen LogP contribution in [0.2, 0.25) is 0 Å². The third kappa shape index (κ3) is 4.30. The van der Waals surface area contributed by atoms with E-state index in [0.29, 0.717) is 0 Å². The Balaban J connectivity index is 1.48. The third-order valence-electron chi connectivity index (χ3n) is 4.92. The van der Waals surface area contributed by atoms with Gasteiger partial charge >= 0.3 is 0 Å². The van der Waals surface area contributed by atoms with Gasteiger partial charge in [-0.2, -0.15) is 0 Å². The lowest BCUT2D eigenvalue weighted by Gasteiger charge is -2.09. The third-order valence-corrected chi connectivity index (χ3v) is 6.15. The van der Waals surface area contributed by atoms with E-state index in [1.54, 1.807) is 0 Å². The zero-order chi connectivity index (χ0) is 19.3. The number of hydrogen-bond acceptors (Lipinski definition) is 4. The Kier molecular flexibility index (Phi) is 6.10. The average Bonchev–Trinajstić information content (AvgIpc) is 3.06.